The number of aromatic nitrogens is 1. The van der Waals surface area contributed by atoms with Crippen molar-refractivity contribution in [1.29, 1.82) is 0 Å². The van der Waals surface area contributed by atoms with Crippen molar-refractivity contribution in [2.45, 2.75) is 37.8 Å². The van der Waals surface area contributed by atoms with E-state index >= 15 is 0 Å². The molecule has 2 atom stereocenters. The number of likely N-dealkylation sites (N-methyl/N-ethyl adjacent to an activating group) is 1. The highest BCUT2D eigenvalue weighted by atomic mass is 32.2. The number of piperazine rings is 1. The van der Waals surface area contributed by atoms with Crippen LogP contribution in [0, 0.1) is 0 Å². The fourth-order valence-electron chi connectivity index (χ4n) is 2.78. The second-order valence-electron chi connectivity index (χ2n) is 5.04. The molecule has 19 heavy (non-hydrogen) atoms. The van der Waals surface area contributed by atoms with E-state index in [1.54, 1.807) is 22.6 Å². The third kappa shape index (κ3) is 2.80. The molecule has 1 fully saturated rings. The number of pyridine rings is 1. The van der Waals surface area contributed by atoms with Gasteiger partial charge in [-0.3, -0.25) is 9.88 Å². The number of sulfonamides is 1. The van der Waals surface area contributed by atoms with E-state index in [0.717, 1.165) is 6.54 Å². The molecule has 2 heterocycles. The first-order chi connectivity index (χ1) is 8.96. The van der Waals surface area contributed by atoms with Crippen LogP contribution in [0.3, 0.4) is 0 Å². The molecular weight excluding hydrogens is 262 g/mol. The van der Waals surface area contributed by atoms with Crippen LogP contribution in [0.4, 0.5) is 0 Å². The fourth-order valence-corrected chi connectivity index (χ4v) is 4.34. The highest BCUT2D eigenvalue weighted by Crippen LogP contribution is 2.22. The predicted molar refractivity (Wildman–Crippen MR) is 74.3 cm³/mol. The summed E-state index contributed by atoms with van der Waals surface area (Å²) in [6.45, 7) is 8.28. The number of nitrogens with zero attached hydrogens (tertiary/aromatic N) is 3. The standard InChI is InChI=1S/C13H21N3O2S/c1-4-16-11(2)9-15(10-12(16)3)19(17,18)13-6-5-7-14-8-13/h5-8,11-12H,4,9-10H2,1-3H3/t11-,12+. The molecular formula is C13H21N3O2S. The zero-order chi connectivity index (χ0) is 14.0. The monoisotopic (exact) mass is 283 g/mol. The SMILES string of the molecule is CCN1[C@H](C)CN(S(=O)(=O)c2cccnc2)C[C@@H]1C. The van der Waals surface area contributed by atoms with Gasteiger partial charge in [0.05, 0.1) is 0 Å². The highest BCUT2D eigenvalue weighted by molar-refractivity contribution is 7.89. The number of rotatable bonds is 3. The Morgan fingerprint density at radius 2 is 1.95 bits per heavy atom. The number of hydrogen-bond acceptors (Lipinski definition) is 4. The summed E-state index contributed by atoms with van der Waals surface area (Å²) >= 11 is 0. The van der Waals surface area contributed by atoms with E-state index in [4.69, 9.17) is 0 Å². The molecule has 0 spiro atoms. The van der Waals surface area contributed by atoms with Crippen LogP contribution in [0.1, 0.15) is 20.8 Å². The molecule has 106 valence electrons. The Kier molecular flexibility index (Phi) is 4.23. The second kappa shape index (κ2) is 5.56. The van der Waals surface area contributed by atoms with Crippen molar-refractivity contribution in [2.75, 3.05) is 19.6 Å². The molecule has 6 heteroatoms. The third-order valence-corrected chi connectivity index (χ3v) is 5.52. The lowest BCUT2D eigenvalue weighted by atomic mass is 10.1. The molecule has 5 nitrogen and oxygen atoms in total. The maximum absolute atomic E-state index is 12.5. The molecule has 1 aliphatic rings. The molecule has 1 aromatic rings. The van der Waals surface area contributed by atoms with Gasteiger partial charge in [-0.2, -0.15) is 4.31 Å². The van der Waals surface area contributed by atoms with Crippen molar-refractivity contribution >= 4 is 10.0 Å². The van der Waals surface area contributed by atoms with Gasteiger partial charge in [-0.25, -0.2) is 8.42 Å². The first kappa shape index (κ1) is 14.4. The van der Waals surface area contributed by atoms with Gasteiger partial charge in [0, 0.05) is 37.6 Å². The maximum Gasteiger partial charge on any atom is 0.244 e. The van der Waals surface area contributed by atoms with E-state index in [1.807, 2.05) is 0 Å². The zero-order valence-electron chi connectivity index (χ0n) is 11.7. The van der Waals surface area contributed by atoms with Crippen LogP contribution >= 0.6 is 0 Å². The quantitative estimate of drug-likeness (QED) is 0.836. The van der Waals surface area contributed by atoms with Crippen molar-refractivity contribution < 1.29 is 8.42 Å². The molecule has 0 saturated carbocycles. The van der Waals surface area contributed by atoms with E-state index in [0.29, 0.717) is 13.1 Å². The minimum absolute atomic E-state index is 0.236. The summed E-state index contributed by atoms with van der Waals surface area (Å²) in [7, 11) is -3.42. The predicted octanol–water partition coefficient (Wildman–Crippen LogP) is 1.18. The van der Waals surface area contributed by atoms with Crippen LogP contribution < -0.4 is 0 Å². The van der Waals surface area contributed by atoms with E-state index in [9.17, 15) is 8.42 Å². The Balaban J connectivity index is 2.24. The first-order valence-electron chi connectivity index (χ1n) is 6.62. The van der Waals surface area contributed by atoms with Gasteiger partial charge in [0.15, 0.2) is 0 Å². The normalized spacial score (nSPS) is 26.5. The van der Waals surface area contributed by atoms with Gasteiger partial charge in [0.2, 0.25) is 10.0 Å². The molecule has 2 rings (SSSR count). The van der Waals surface area contributed by atoms with Crippen molar-refractivity contribution in [2.24, 2.45) is 0 Å². The molecule has 0 aromatic carbocycles. The second-order valence-corrected chi connectivity index (χ2v) is 6.98. The van der Waals surface area contributed by atoms with Gasteiger partial charge < -0.3 is 0 Å². The first-order valence-corrected chi connectivity index (χ1v) is 8.06. The van der Waals surface area contributed by atoms with Gasteiger partial charge in [-0.1, -0.05) is 6.92 Å². The molecule has 0 radical (unpaired) electrons. The minimum Gasteiger partial charge on any atom is -0.296 e. The third-order valence-electron chi connectivity index (χ3n) is 3.71. The molecule has 1 aromatic heterocycles. The van der Waals surface area contributed by atoms with Crippen molar-refractivity contribution in [1.82, 2.24) is 14.2 Å². The van der Waals surface area contributed by atoms with Crippen molar-refractivity contribution in [3.05, 3.63) is 24.5 Å². The average molecular weight is 283 g/mol. The minimum atomic E-state index is -3.42. The fraction of sp³-hybridized carbons (Fsp3) is 0.615. The highest BCUT2D eigenvalue weighted by Gasteiger charge is 2.35. The Bertz CT molecular complexity index is 506. The Labute approximate surface area is 115 Å². The summed E-state index contributed by atoms with van der Waals surface area (Å²) < 4.78 is 26.7. The van der Waals surface area contributed by atoms with Crippen LogP contribution in [0.25, 0.3) is 0 Å². The van der Waals surface area contributed by atoms with Crippen LogP contribution in [0.2, 0.25) is 0 Å². The van der Waals surface area contributed by atoms with E-state index in [2.05, 4.69) is 30.7 Å². The van der Waals surface area contributed by atoms with E-state index in [1.165, 1.54) is 6.20 Å². The maximum atomic E-state index is 12.5. The smallest absolute Gasteiger partial charge is 0.244 e. The zero-order valence-corrected chi connectivity index (χ0v) is 12.5. The van der Waals surface area contributed by atoms with Crippen LogP contribution in [-0.4, -0.2) is 54.3 Å². The van der Waals surface area contributed by atoms with Crippen LogP contribution in [0.5, 0.6) is 0 Å². The van der Waals surface area contributed by atoms with Crippen LogP contribution in [-0.2, 0) is 10.0 Å². The topological polar surface area (TPSA) is 53.5 Å². The lowest BCUT2D eigenvalue weighted by Gasteiger charge is -2.43. The molecule has 0 bridgehead atoms. The summed E-state index contributed by atoms with van der Waals surface area (Å²) in [5.41, 5.74) is 0. The van der Waals surface area contributed by atoms with Gasteiger partial charge >= 0.3 is 0 Å². The van der Waals surface area contributed by atoms with Gasteiger partial charge in [-0.15, -0.1) is 0 Å². The van der Waals surface area contributed by atoms with Gasteiger partial charge in [-0.05, 0) is 32.5 Å². The molecule has 0 unspecified atom stereocenters. The van der Waals surface area contributed by atoms with Gasteiger partial charge in [0.1, 0.15) is 4.90 Å². The average Bonchev–Trinajstić information content (AvgIpc) is 2.39. The lowest BCUT2D eigenvalue weighted by molar-refractivity contribution is 0.0829. The number of hydrogen-bond donors (Lipinski definition) is 0. The Hall–Kier alpha value is -0.980. The summed E-state index contributed by atoms with van der Waals surface area (Å²) in [4.78, 5) is 6.50. The molecule has 1 saturated heterocycles. The van der Waals surface area contributed by atoms with Crippen molar-refractivity contribution in [3.63, 3.8) is 0 Å². The largest absolute Gasteiger partial charge is 0.296 e. The summed E-state index contributed by atoms with van der Waals surface area (Å²) in [5.74, 6) is 0. The van der Waals surface area contributed by atoms with Crippen molar-refractivity contribution in [3.8, 4) is 0 Å². The summed E-state index contributed by atoms with van der Waals surface area (Å²) in [5, 5.41) is 0. The van der Waals surface area contributed by atoms with Crippen LogP contribution in [0.15, 0.2) is 29.4 Å². The molecule has 0 aliphatic carbocycles. The molecule has 1 aliphatic heterocycles. The summed E-state index contributed by atoms with van der Waals surface area (Å²) in [6.07, 6.45) is 3.00. The molecule has 0 amide bonds. The van der Waals surface area contributed by atoms with Gasteiger partial charge in [0.25, 0.3) is 0 Å². The van der Waals surface area contributed by atoms with E-state index < -0.39 is 10.0 Å². The lowest BCUT2D eigenvalue weighted by Crippen LogP contribution is -2.57. The van der Waals surface area contributed by atoms with E-state index in [-0.39, 0.29) is 17.0 Å². The summed E-state index contributed by atoms with van der Waals surface area (Å²) in [6, 6.07) is 3.73. The molecule has 0 N–H and O–H groups in total. The Morgan fingerprint density at radius 3 is 2.42 bits per heavy atom. The Morgan fingerprint density at radius 1 is 1.32 bits per heavy atom.